The summed E-state index contributed by atoms with van der Waals surface area (Å²) in [6, 6.07) is 3.71. The van der Waals surface area contributed by atoms with Crippen LogP contribution in [0.1, 0.15) is 12.5 Å². The van der Waals surface area contributed by atoms with Gasteiger partial charge < -0.3 is 9.64 Å². The van der Waals surface area contributed by atoms with E-state index >= 15 is 0 Å². The molecule has 0 aliphatic heterocycles. The molecule has 0 amide bonds. The fraction of sp³-hybridized carbons (Fsp3) is 0.333. The molecular formula is C12H16N2O2. The number of ether oxygens (including phenoxy) is 1. The fourth-order valence-corrected chi connectivity index (χ4v) is 1.19. The van der Waals surface area contributed by atoms with E-state index in [9.17, 15) is 4.79 Å². The molecule has 16 heavy (non-hydrogen) atoms. The lowest BCUT2D eigenvalue weighted by Gasteiger charge is -2.15. The molecule has 1 aromatic heterocycles. The second kappa shape index (κ2) is 5.90. The summed E-state index contributed by atoms with van der Waals surface area (Å²) in [5.74, 6) is -0.323. The molecule has 0 aliphatic carbocycles. The highest BCUT2D eigenvalue weighted by atomic mass is 16.5. The Balaban J connectivity index is 2.94. The number of aromatic nitrogens is 1. The highest BCUT2D eigenvalue weighted by Crippen LogP contribution is 2.09. The number of hydrogen-bond donors (Lipinski definition) is 0. The van der Waals surface area contributed by atoms with Crippen LogP contribution >= 0.6 is 0 Å². The van der Waals surface area contributed by atoms with Gasteiger partial charge >= 0.3 is 5.97 Å². The second-order valence-electron chi connectivity index (χ2n) is 3.43. The van der Waals surface area contributed by atoms with Crippen LogP contribution in [-0.4, -0.2) is 36.6 Å². The number of likely N-dealkylation sites (N-methyl/N-ethyl adjacent to an activating group) is 1. The van der Waals surface area contributed by atoms with E-state index in [0.717, 1.165) is 5.56 Å². The zero-order chi connectivity index (χ0) is 12.0. The van der Waals surface area contributed by atoms with Crippen LogP contribution in [0.5, 0.6) is 0 Å². The zero-order valence-electron chi connectivity index (χ0n) is 9.80. The van der Waals surface area contributed by atoms with Gasteiger partial charge in [-0.25, -0.2) is 4.79 Å². The van der Waals surface area contributed by atoms with Crippen molar-refractivity contribution in [1.29, 1.82) is 0 Å². The lowest BCUT2D eigenvalue weighted by molar-refractivity contribution is -0.139. The number of hydrogen-bond acceptors (Lipinski definition) is 4. The van der Waals surface area contributed by atoms with E-state index < -0.39 is 0 Å². The first-order chi connectivity index (χ1) is 7.65. The van der Waals surface area contributed by atoms with E-state index in [1.165, 1.54) is 0 Å². The lowest BCUT2D eigenvalue weighted by atomic mass is 10.2. The SMILES string of the molecule is CCOC(=O)C(=Cc1cccnc1)N(C)C. The molecule has 0 atom stereocenters. The second-order valence-corrected chi connectivity index (χ2v) is 3.43. The van der Waals surface area contributed by atoms with Gasteiger partial charge in [0, 0.05) is 26.5 Å². The summed E-state index contributed by atoms with van der Waals surface area (Å²) in [4.78, 5) is 17.4. The minimum absolute atomic E-state index is 0.323. The Hall–Kier alpha value is -1.84. The molecule has 4 heteroatoms. The van der Waals surface area contributed by atoms with Gasteiger partial charge in [-0.15, -0.1) is 0 Å². The number of nitrogens with zero attached hydrogens (tertiary/aromatic N) is 2. The fourth-order valence-electron chi connectivity index (χ4n) is 1.19. The van der Waals surface area contributed by atoms with Crippen LogP contribution in [0.25, 0.3) is 6.08 Å². The van der Waals surface area contributed by atoms with Crippen molar-refractivity contribution >= 4 is 12.0 Å². The molecule has 1 rings (SSSR count). The maximum Gasteiger partial charge on any atom is 0.354 e. The van der Waals surface area contributed by atoms with Crippen molar-refractivity contribution in [1.82, 2.24) is 9.88 Å². The molecule has 0 N–H and O–H groups in total. The van der Waals surface area contributed by atoms with Gasteiger partial charge in [0.25, 0.3) is 0 Å². The molecule has 0 saturated carbocycles. The van der Waals surface area contributed by atoms with Gasteiger partial charge in [-0.1, -0.05) is 6.07 Å². The van der Waals surface area contributed by atoms with Gasteiger partial charge in [-0.05, 0) is 24.6 Å². The Kier molecular flexibility index (Phi) is 4.51. The predicted molar refractivity (Wildman–Crippen MR) is 62.5 cm³/mol. The first-order valence-electron chi connectivity index (χ1n) is 5.11. The standard InChI is InChI=1S/C12H16N2O2/c1-4-16-12(15)11(14(2)3)8-10-6-5-7-13-9-10/h5-9H,4H2,1-3H3. The van der Waals surface area contributed by atoms with Crippen LogP contribution in [0.15, 0.2) is 30.2 Å². The number of rotatable bonds is 4. The van der Waals surface area contributed by atoms with Crippen molar-refractivity contribution in [3.8, 4) is 0 Å². The first-order valence-corrected chi connectivity index (χ1v) is 5.11. The van der Waals surface area contributed by atoms with Crippen molar-refractivity contribution in [2.24, 2.45) is 0 Å². The Morgan fingerprint density at radius 1 is 1.56 bits per heavy atom. The molecule has 0 radical (unpaired) electrons. The van der Waals surface area contributed by atoms with Crippen molar-refractivity contribution in [2.45, 2.75) is 6.92 Å². The minimum atomic E-state index is -0.323. The number of carbonyl (C=O) groups is 1. The summed E-state index contributed by atoms with van der Waals surface area (Å²) in [6.45, 7) is 2.16. The van der Waals surface area contributed by atoms with E-state index in [4.69, 9.17) is 4.74 Å². The van der Waals surface area contributed by atoms with E-state index in [0.29, 0.717) is 12.3 Å². The number of esters is 1. The molecular weight excluding hydrogens is 204 g/mol. The van der Waals surface area contributed by atoms with Crippen LogP contribution in [0.3, 0.4) is 0 Å². The highest BCUT2D eigenvalue weighted by molar-refractivity contribution is 5.92. The van der Waals surface area contributed by atoms with Crippen LogP contribution in [0, 0.1) is 0 Å². The topological polar surface area (TPSA) is 42.4 Å². The predicted octanol–water partition coefficient (Wildman–Crippen LogP) is 1.55. The van der Waals surface area contributed by atoms with Crippen LogP contribution in [-0.2, 0) is 9.53 Å². The minimum Gasteiger partial charge on any atom is -0.461 e. The largest absolute Gasteiger partial charge is 0.461 e. The molecule has 0 spiro atoms. The van der Waals surface area contributed by atoms with Gasteiger partial charge in [0.1, 0.15) is 5.70 Å². The van der Waals surface area contributed by atoms with Gasteiger partial charge in [-0.3, -0.25) is 4.98 Å². The quantitative estimate of drug-likeness (QED) is 0.570. The first kappa shape index (κ1) is 12.2. The Morgan fingerprint density at radius 2 is 2.31 bits per heavy atom. The van der Waals surface area contributed by atoms with E-state index in [-0.39, 0.29) is 5.97 Å². The molecule has 4 nitrogen and oxygen atoms in total. The van der Waals surface area contributed by atoms with Crippen molar-refractivity contribution in [3.63, 3.8) is 0 Å². The lowest BCUT2D eigenvalue weighted by Crippen LogP contribution is -2.21. The van der Waals surface area contributed by atoms with E-state index in [2.05, 4.69) is 4.98 Å². The van der Waals surface area contributed by atoms with Crippen LogP contribution in [0.2, 0.25) is 0 Å². The third-order valence-corrected chi connectivity index (χ3v) is 1.95. The van der Waals surface area contributed by atoms with Gasteiger partial charge in [-0.2, -0.15) is 0 Å². The normalized spacial score (nSPS) is 11.1. The van der Waals surface area contributed by atoms with Crippen molar-refractivity contribution in [3.05, 3.63) is 35.8 Å². The molecule has 0 fully saturated rings. The highest BCUT2D eigenvalue weighted by Gasteiger charge is 2.12. The molecule has 1 aromatic rings. The Bertz CT molecular complexity index is 372. The average Bonchev–Trinajstić information content (AvgIpc) is 2.27. The molecule has 0 aromatic carbocycles. The van der Waals surface area contributed by atoms with Crippen molar-refractivity contribution in [2.75, 3.05) is 20.7 Å². The third-order valence-electron chi connectivity index (χ3n) is 1.95. The van der Waals surface area contributed by atoms with E-state index in [1.54, 1.807) is 44.4 Å². The third kappa shape index (κ3) is 3.38. The smallest absolute Gasteiger partial charge is 0.354 e. The molecule has 86 valence electrons. The Labute approximate surface area is 95.6 Å². The summed E-state index contributed by atoms with van der Waals surface area (Å²) in [6.07, 6.45) is 5.14. The summed E-state index contributed by atoms with van der Waals surface area (Å²) in [5, 5.41) is 0. The van der Waals surface area contributed by atoms with Crippen LogP contribution < -0.4 is 0 Å². The van der Waals surface area contributed by atoms with Crippen LogP contribution in [0.4, 0.5) is 0 Å². The summed E-state index contributed by atoms with van der Waals surface area (Å²) in [5.41, 5.74) is 1.38. The zero-order valence-corrected chi connectivity index (χ0v) is 9.80. The maximum absolute atomic E-state index is 11.6. The van der Waals surface area contributed by atoms with Gasteiger partial charge in [0.05, 0.1) is 6.61 Å². The molecule has 0 saturated heterocycles. The monoisotopic (exact) mass is 220 g/mol. The molecule has 0 aliphatic rings. The summed E-state index contributed by atoms with van der Waals surface area (Å²) < 4.78 is 4.97. The number of carbonyl (C=O) groups excluding carboxylic acids is 1. The van der Waals surface area contributed by atoms with Crippen molar-refractivity contribution < 1.29 is 9.53 Å². The summed E-state index contributed by atoms with van der Waals surface area (Å²) >= 11 is 0. The average molecular weight is 220 g/mol. The summed E-state index contributed by atoms with van der Waals surface area (Å²) in [7, 11) is 3.61. The van der Waals surface area contributed by atoms with Gasteiger partial charge in [0.15, 0.2) is 0 Å². The molecule has 1 heterocycles. The number of pyridine rings is 1. The maximum atomic E-state index is 11.6. The van der Waals surface area contributed by atoms with Gasteiger partial charge in [0.2, 0.25) is 0 Å². The van der Waals surface area contributed by atoms with E-state index in [1.807, 2.05) is 12.1 Å². The molecule has 0 unspecified atom stereocenters. The Morgan fingerprint density at radius 3 is 2.81 bits per heavy atom. The molecule has 0 bridgehead atoms.